The lowest BCUT2D eigenvalue weighted by atomic mass is 10.3. The molecule has 0 aliphatic heterocycles. The van der Waals surface area contributed by atoms with E-state index in [1.54, 1.807) is 6.07 Å². The predicted octanol–water partition coefficient (Wildman–Crippen LogP) is 0.895. The number of nitriles is 1. The molecule has 96 valence electrons. The molecule has 8 heteroatoms. The molecule has 8 nitrogen and oxygen atoms in total. The van der Waals surface area contributed by atoms with Crippen LogP contribution in [-0.2, 0) is 4.74 Å². The van der Waals surface area contributed by atoms with Crippen molar-refractivity contribution in [3.8, 4) is 17.7 Å². The second kappa shape index (κ2) is 6.36. The van der Waals surface area contributed by atoms with Crippen LogP contribution >= 0.6 is 0 Å². The Labute approximate surface area is 103 Å². The van der Waals surface area contributed by atoms with Gasteiger partial charge in [-0.05, 0) is 0 Å². The summed E-state index contributed by atoms with van der Waals surface area (Å²) in [6.07, 6.45) is 0. The molecule has 1 rings (SSSR count). The van der Waals surface area contributed by atoms with Gasteiger partial charge in [-0.15, -0.1) is 0 Å². The van der Waals surface area contributed by atoms with Crippen molar-refractivity contribution in [1.29, 1.82) is 5.26 Å². The van der Waals surface area contributed by atoms with Crippen LogP contribution in [-0.4, -0.2) is 37.3 Å². The summed E-state index contributed by atoms with van der Waals surface area (Å²) in [6, 6.07) is 2.74. The Balaban J connectivity index is 3.12. The Hall–Kier alpha value is -2.40. The minimum Gasteiger partial charge on any atom is -0.485 e. The van der Waals surface area contributed by atoms with Gasteiger partial charge in [-0.3, -0.25) is 10.1 Å². The molecule has 0 fully saturated rings. The van der Waals surface area contributed by atoms with E-state index in [0.29, 0.717) is 6.61 Å². The highest BCUT2D eigenvalue weighted by molar-refractivity contribution is 5.52. The van der Waals surface area contributed by atoms with Gasteiger partial charge in [-0.1, -0.05) is 0 Å². The highest BCUT2D eigenvalue weighted by Crippen LogP contribution is 2.31. The molecule has 0 unspecified atom stereocenters. The molecule has 1 aromatic heterocycles. The van der Waals surface area contributed by atoms with Gasteiger partial charge in [0.1, 0.15) is 12.7 Å². The lowest BCUT2D eigenvalue weighted by molar-refractivity contribution is -0.385. The summed E-state index contributed by atoms with van der Waals surface area (Å²) in [5.41, 5.74) is -0.748. The molecular formula is C10H11N3O5. The standard InChI is InChI=1S/C10H11N3O5/c1-16-3-4-18-9-5-8(13(14)15)7(6-11)12-10(9)17-2/h5H,3-4H2,1-2H3. The molecule has 0 N–H and O–H groups in total. The van der Waals surface area contributed by atoms with Gasteiger partial charge in [0, 0.05) is 7.11 Å². The van der Waals surface area contributed by atoms with Gasteiger partial charge < -0.3 is 14.2 Å². The number of rotatable bonds is 6. The number of nitro groups is 1. The number of aromatic nitrogens is 1. The molecular weight excluding hydrogens is 242 g/mol. The molecule has 1 aromatic rings. The first-order chi connectivity index (χ1) is 8.63. The number of nitrogens with zero attached hydrogens (tertiary/aromatic N) is 3. The van der Waals surface area contributed by atoms with E-state index in [4.69, 9.17) is 19.5 Å². The summed E-state index contributed by atoms with van der Waals surface area (Å²) >= 11 is 0. The van der Waals surface area contributed by atoms with Crippen LogP contribution in [0.25, 0.3) is 0 Å². The zero-order valence-electron chi connectivity index (χ0n) is 9.87. The zero-order chi connectivity index (χ0) is 13.5. The van der Waals surface area contributed by atoms with E-state index in [-0.39, 0.29) is 23.9 Å². The maximum absolute atomic E-state index is 10.8. The van der Waals surface area contributed by atoms with Gasteiger partial charge in [0.15, 0.2) is 5.75 Å². The van der Waals surface area contributed by atoms with E-state index in [9.17, 15) is 10.1 Å². The molecule has 0 radical (unpaired) electrons. The van der Waals surface area contributed by atoms with Crippen LogP contribution in [0.3, 0.4) is 0 Å². The Morgan fingerprint density at radius 3 is 2.72 bits per heavy atom. The van der Waals surface area contributed by atoms with Crippen LogP contribution in [0.1, 0.15) is 5.69 Å². The highest BCUT2D eigenvalue weighted by Gasteiger charge is 2.21. The van der Waals surface area contributed by atoms with Crippen molar-refractivity contribution < 1.29 is 19.1 Å². The fourth-order valence-corrected chi connectivity index (χ4v) is 1.17. The summed E-state index contributed by atoms with van der Waals surface area (Å²) in [4.78, 5) is 13.8. The fraction of sp³-hybridized carbons (Fsp3) is 0.400. The van der Waals surface area contributed by atoms with Crippen LogP contribution in [0.5, 0.6) is 11.6 Å². The summed E-state index contributed by atoms with van der Waals surface area (Å²) in [5, 5.41) is 19.5. The van der Waals surface area contributed by atoms with Crippen LogP contribution < -0.4 is 9.47 Å². The Morgan fingerprint density at radius 1 is 1.50 bits per heavy atom. The van der Waals surface area contributed by atoms with Crippen molar-refractivity contribution in [3.05, 3.63) is 21.9 Å². The minimum atomic E-state index is -0.700. The third kappa shape index (κ3) is 3.05. The van der Waals surface area contributed by atoms with Crippen LogP contribution in [0.2, 0.25) is 0 Å². The van der Waals surface area contributed by atoms with E-state index in [1.165, 1.54) is 14.2 Å². The maximum atomic E-state index is 10.8. The minimum absolute atomic E-state index is 0.0215. The monoisotopic (exact) mass is 253 g/mol. The van der Waals surface area contributed by atoms with E-state index < -0.39 is 10.6 Å². The summed E-state index contributed by atoms with van der Waals surface area (Å²) < 4.78 is 14.9. The van der Waals surface area contributed by atoms with Crippen molar-refractivity contribution in [3.63, 3.8) is 0 Å². The van der Waals surface area contributed by atoms with E-state index in [0.717, 1.165) is 6.07 Å². The number of hydrogen-bond acceptors (Lipinski definition) is 7. The SMILES string of the molecule is COCCOc1cc([N+](=O)[O-])c(C#N)nc1OC. The van der Waals surface area contributed by atoms with Crippen LogP contribution in [0, 0.1) is 21.4 Å². The van der Waals surface area contributed by atoms with Crippen molar-refractivity contribution >= 4 is 5.69 Å². The van der Waals surface area contributed by atoms with Crippen molar-refractivity contribution in [2.24, 2.45) is 0 Å². The number of hydrogen-bond donors (Lipinski definition) is 0. The average molecular weight is 253 g/mol. The number of ether oxygens (including phenoxy) is 3. The molecule has 0 aromatic carbocycles. The Kier molecular flexibility index (Phi) is 4.83. The third-order valence-electron chi connectivity index (χ3n) is 1.98. The number of pyridine rings is 1. The van der Waals surface area contributed by atoms with Crippen molar-refractivity contribution in [1.82, 2.24) is 4.98 Å². The lowest BCUT2D eigenvalue weighted by Crippen LogP contribution is -2.07. The van der Waals surface area contributed by atoms with Gasteiger partial charge in [0.2, 0.25) is 5.69 Å². The second-order valence-corrected chi connectivity index (χ2v) is 3.07. The smallest absolute Gasteiger partial charge is 0.309 e. The molecule has 0 saturated heterocycles. The Bertz CT molecular complexity index is 483. The van der Waals surface area contributed by atoms with Crippen molar-refractivity contribution in [2.45, 2.75) is 0 Å². The van der Waals surface area contributed by atoms with Gasteiger partial charge in [0.05, 0.1) is 24.7 Å². The predicted molar refractivity (Wildman–Crippen MR) is 59.5 cm³/mol. The molecule has 0 atom stereocenters. The second-order valence-electron chi connectivity index (χ2n) is 3.07. The molecule has 0 saturated carbocycles. The van der Waals surface area contributed by atoms with Gasteiger partial charge >= 0.3 is 5.69 Å². The first-order valence-electron chi connectivity index (χ1n) is 4.89. The lowest BCUT2D eigenvalue weighted by Gasteiger charge is -2.09. The molecule has 0 aliphatic carbocycles. The molecule has 0 bridgehead atoms. The summed E-state index contributed by atoms with van der Waals surface area (Å²) in [7, 11) is 2.83. The van der Waals surface area contributed by atoms with E-state index in [2.05, 4.69) is 4.98 Å². The zero-order valence-corrected chi connectivity index (χ0v) is 9.87. The maximum Gasteiger partial charge on any atom is 0.309 e. The van der Waals surface area contributed by atoms with Crippen LogP contribution in [0.15, 0.2) is 6.07 Å². The van der Waals surface area contributed by atoms with Crippen molar-refractivity contribution in [2.75, 3.05) is 27.4 Å². The van der Waals surface area contributed by atoms with Crippen LogP contribution in [0.4, 0.5) is 5.69 Å². The summed E-state index contributed by atoms with van der Waals surface area (Å²) in [5.74, 6) is 0.119. The molecule has 0 amide bonds. The number of methoxy groups -OCH3 is 2. The van der Waals surface area contributed by atoms with E-state index in [1.807, 2.05) is 0 Å². The molecule has 0 aliphatic rings. The topological polar surface area (TPSA) is 108 Å². The van der Waals surface area contributed by atoms with E-state index >= 15 is 0 Å². The molecule has 1 heterocycles. The molecule has 18 heavy (non-hydrogen) atoms. The normalized spacial score (nSPS) is 9.61. The van der Waals surface area contributed by atoms with Gasteiger partial charge in [-0.25, -0.2) is 0 Å². The first-order valence-corrected chi connectivity index (χ1v) is 4.89. The highest BCUT2D eigenvalue weighted by atomic mass is 16.6. The van der Waals surface area contributed by atoms with Gasteiger partial charge in [-0.2, -0.15) is 10.2 Å². The van der Waals surface area contributed by atoms with Gasteiger partial charge in [0.25, 0.3) is 5.88 Å². The quantitative estimate of drug-likeness (QED) is 0.421. The first kappa shape index (κ1) is 13.7. The average Bonchev–Trinajstić information content (AvgIpc) is 2.38. The fourth-order valence-electron chi connectivity index (χ4n) is 1.17. The summed E-state index contributed by atoms with van der Waals surface area (Å²) in [6.45, 7) is 0.508. The third-order valence-corrected chi connectivity index (χ3v) is 1.98. The largest absolute Gasteiger partial charge is 0.485 e. The Morgan fingerprint density at radius 2 is 2.22 bits per heavy atom. The molecule has 0 spiro atoms.